The minimum atomic E-state index is -0.618. The molecule has 0 saturated heterocycles. The Morgan fingerprint density at radius 1 is 1.33 bits per heavy atom. The van der Waals surface area contributed by atoms with Gasteiger partial charge in [0.15, 0.2) is 10.9 Å². The number of carbonyl (C=O) groups is 1. The molecule has 7 nitrogen and oxygen atoms in total. The molecule has 0 fully saturated rings. The van der Waals surface area contributed by atoms with E-state index in [1.165, 1.54) is 37.2 Å². The van der Waals surface area contributed by atoms with Gasteiger partial charge in [-0.05, 0) is 18.7 Å². The zero-order valence-electron chi connectivity index (χ0n) is 13.2. The molecule has 0 amide bonds. The summed E-state index contributed by atoms with van der Waals surface area (Å²) in [5.41, 5.74) is 1.59. The van der Waals surface area contributed by atoms with Gasteiger partial charge in [0.05, 0.1) is 17.6 Å². The average Bonchev–Trinajstić information content (AvgIpc) is 2.60. The highest BCUT2D eigenvalue weighted by Gasteiger charge is 2.14. The van der Waals surface area contributed by atoms with E-state index < -0.39 is 10.9 Å². The molecule has 0 saturated carbocycles. The highest BCUT2D eigenvalue weighted by molar-refractivity contribution is 7.98. The van der Waals surface area contributed by atoms with Crippen LogP contribution in [0.5, 0.6) is 0 Å². The Hall–Kier alpha value is -2.92. The van der Waals surface area contributed by atoms with Crippen LogP contribution in [0.1, 0.15) is 27.2 Å². The first kappa shape index (κ1) is 17.4. The second-order valence-electron chi connectivity index (χ2n) is 4.62. The molecule has 0 radical (unpaired) electrons. The van der Waals surface area contributed by atoms with Crippen molar-refractivity contribution in [1.82, 2.24) is 9.97 Å². The maximum atomic E-state index is 11.8. The quantitative estimate of drug-likeness (QED) is 0.211. The third-order valence-corrected chi connectivity index (χ3v) is 3.65. The van der Waals surface area contributed by atoms with Gasteiger partial charge < -0.3 is 4.74 Å². The molecule has 0 atom stereocenters. The summed E-state index contributed by atoms with van der Waals surface area (Å²) in [6.45, 7) is 1.79. The summed E-state index contributed by atoms with van der Waals surface area (Å²) in [5, 5.41) is 11.3. The molecule has 1 aromatic heterocycles. The van der Waals surface area contributed by atoms with Crippen molar-refractivity contribution in [3.63, 3.8) is 0 Å². The normalized spacial score (nSPS) is 9.79. The zero-order chi connectivity index (χ0) is 17.7. The molecule has 0 aliphatic rings. The SMILES string of the molecule is COC(=O)c1nc(SC)ncc1C#Cc1cc([N+](=O)[O-])ccc1C. The van der Waals surface area contributed by atoms with Crippen molar-refractivity contribution in [2.75, 3.05) is 13.4 Å². The number of non-ortho nitro benzene ring substituents is 1. The second kappa shape index (κ2) is 7.57. The Morgan fingerprint density at radius 3 is 2.67 bits per heavy atom. The van der Waals surface area contributed by atoms with E-state index in [2.05, 4.69) is 21.8 Å². The molecule has 0 spiro atoms. The van der Waals surface area contributed by atoms with Gasteiger partial charge >= 0.3 is 5.97 Å². The van der Waals surface area contributed by atoms with Crippen LogP contribution in [0.4, 0.5) is 5.69 Å². The Kier molecular flexibility index (Phi) is 5.50. The van der Waals surface area contributed by atoms with E-state index in [9.17, 15) is 14.9 Å². The summed E-state index contributed by atoms with van der Waals surface area (Å²) in [4.78, 5) is 30.4. The van der Waals surface area contributed by atoms with E-state index in [1.807, 2.05) is 0 Å². The number of aromatic nitrogens is 2. The van der Waals surface area contributed by atoms with Gasteiger partial charge in [0.2, 0.25) is 0 Å². The van der Waals surface area contributed by atoms with Gasteiger partial charge in [0.1, 0.15) is 0 Å². The Labute approximate surface area is 142 Å². The maximum absolute atomic E-state index is 11.8. The van der Waals surface area contributed by atoms with Crippen molar-refractivity contribution in [3.8, 4) is 11.8 Å². The third-order valence-electron chi connectivity index (χ3n) is 3.09. The van der Waals surface area contributed by atoms with Gasteiger partial charge in [-0.2, -0.15) is 0 Å². The summed E-state index contributed by atoms with van der Waals surface area (Å²) in [7, 11) is 1.26. The van der Waals surface area contributed by atoms with Crippen molar-refractivity contribution in [2.24, 2.45) is 0 Å². The van der Waals surface area contributed by atoms with E-state index in [4.69, 9.17) is 4.74 Å². The van der Waals surface area contributed by atoms with Crippen LogP contribution in [0, 0.1) is 28.9 Å². The lowest BCUT2D eigenvalue weighted by atomic mass is 10.1. The lowest BCUT2D eigenvalue weighted by Crippen LogP contribution is -2.09. The summed E-state index contributed by atoms with van der Waals surface area (Å²) in [5.74, 6) is 5.01. The first-order valence-corrected chi connectivity index (χ1v) is 7.95. The molecule has 0 unspecified atom stereocenters. The molecule has 0 aliphatic carbocycles. The number of esters is 1. The lowest BCUT2D eigenvalue weighted by molar-refractivity contribution is -0.384. The Balaban J connectivity index is 2.50. The zero-order valence-corrected chi connectivity index (χ0v) is 14.0. The lowest BCUT2D eigenvalue weighted by Gasteiger charge is -2.03. The van der Waals surface area contributed by atoms with Crippen LogP contribution in [0.3, 0.4) is 0 Å². The number of benzene rings is 1. The van der Waals surface area contributed by atoms with Crippen LogP contribution >= 0.6 is 11.8 Å². The first-order valence-electron chi connectivity index (χ1n) is 6.72. The number of nitro groups is 1. The van der Waals surface area contributed by atoms with Gasteiger partial charge in [-0.25, -0.2) is 14.8 Å². The second-order valence-corrected chi connectivity index (χ2v) is 5.39. The minimum absolute atomic E-state index is 0.0490. The molecular formula is C16H13N3O4S. The predicted octanol–water partition coefficient (Wildman–Crippen LogP) is 2.60. The number of rotatable bonds is 3. The van der Waals surface area contributed by atoms with Gasteiger partial charge in [0, 0.05) is 23.9 Å². The molecular weight excluding hydrogens is 330 g/mol. The number of nitrogens with zero attached hydrogens (tertiary/aromatic N) is 3. The highest BCUT2D eigenvalue weighted by Crippen LogP contribution is 2.17. The smallest absolute Gasteiger partial charge is 0.358 e. The average molecular weight is 343 g/mol. The molecule has 8 heteroatoms. The fraction of sp³-hybridized carbons (Fsp3) is 0.188. The number of ether oxygens (including phenoxy) is 1. The number of carbonyl (C=O) groups excluding carboxylic acids is 1. The molecule has 24 heavy (non-hydrogen) atoms. The van der Waals surface area contributed by atoms with Gasteiger partial charge in [-0.15, -0.1) is 0 Å². The standard InChI is InChI=1S/C16H13N3O4S/c1-10-4-7-13(19(21)22)8-11(10)5-6-12-9-17-16(24-3)18-14(12)15(20)23-2/h4,7-9H,1-3H3. The summed E-state index contributed by atoms with van der Waals surface area (Å²) in [6.07, 6.45) is 3.22. The fourth-order valence-corrected chi connectivity index (χ4v) is 2.14. The van der Waals surface area contributed by atoms with Gasteiger partial charge in [-0.3, -0.25) is 10.1 Å². The van der Waals surface area contributed by atoms with Crippen LogP contribution in [-0.4, -0.2) is 34.2 Å². The van der Waals surface area contributed by atoms with Crippen molar-refractivity contribution < 1.29 is 14.5 Å². The van der Waals surface area contributed by atoms with Crippen molar-refractivity contribution in [2.45, 2.75) is 12.1 Å². The van der Waals surface area contributed by atoms with Crippen molar-refractivity contribution in [3.05, 3.63) is 56.9 Å². The van der Waals surface area contributed by atoms with Crippen LogP contribution in [0.15, 0.2) is 29.6 Å². The molecule has 0 bridgehead atoms. The van der Waals surface area contributed by atoms with Crippen LogP contribution in [0.25, 0.3) is 0 Å². The third kappa shape index (κ3) is 3.88. The Morgan fingerprint density at radius 2 is 2.04 bits per heavy atom. The maximum Gasteiger partial charge on any atom is 0.358 e. The van der Waals surface area contributed by atoms with Gasteiger partial charge in [-0.1, -0.05) is 29.7 Å². The van der Waals surface area contributed by atoms with Gasteiger partial charge in [0.25, 0.3) is 5.69 Å². The summed E-state index contributed by atoms with van der Waals surface area (Å²) in [6, 6.07) is 4.42. The topological polar surface area (TPSA) is 95.2 Å². The van der Waals surface area contributed by atoms with Crippen LogP contribution < -0.4 is 0 Å². The molecule has 1 heterocycles. The molecule has 0 aliphatic heterocycles. The van der Waals surface area contributed by atoms with Crippen LogP contribution in [0.2, 0.25) is 0 Å². The van der Waals surface area contributed by atoms with E-state index in [-0.39, 0.29) is 11.4 Å². The highest BCUT2D eigenvalue weighted by atomic mass is 32.2. The van der Waals surface area contributed by atoms with E-state index >= 15 is 0 Å². The van der Waals surface area contributed by atoms with Crippen molar-refractivity contribution >= 4 is 23.4 Å². The van der Waals surface area contributed by atoms with E-state index in [0.717, 1.165) is 5.56 Å². The predicted molar refractivity (Wildman–Crippen MR) is 89.0 cm³/mol. The number of thioether (sulfide) groups is 1. The summed E-state index contributed by atoms with van der Waals surface area (Å²) < 4.78 is 4.71. The number of aryl methyl sites for hydroxylation is 1. The molecule has 0 N–H and O–H groups in total. The van der Waals surface area contributed by atoms with E-state index in [1.54, 1.807) is 19.2 Å². The number of hydrogen-bond acceptors (Lipinski definition) is 7. The largest absolute Gasteiger partial charge is 0.464 e. The van der Waals surface area contributed by atoms with Crippen LogP contribution in [-0.2, 0) is 4.74 Å². The summed E-state index contributed by atoms with van der Waals surface area (Å²) >= 11 is 1.29. The first-order chi connectivity index (χ1) is 11.5. The molecule has 2 aromatic rings. The van der Waals surface area contributed by atoms with Crippen molar-refractivity contribution in [1.29, 1.82) is 0 Å². The number of nitro benzene ring substituents is 1. The minimum Gasteiger partial charge on any atom is -0.464 e. The Bertz CT molecular complexity index is 871. The number of hydrogen-bond donors (Lipinski definition) is 0. The number of methoxy groups -OCH3 is 1. The molecule has 122 valence electrons. The fourth-order valence-electron chi connectivity index (χ4n) is 1.80. The molecule has 2 rings (SSSR count). The van der Waals surface area contributed by atoms with E-state index in [0.29, 0.717) is 16.3 Å². The molecule has 1 aromatic carbocycles. The monoisotopic (exact) mass is 343 g/mol.